The molecule has 0 aliphatic rings. The summed E-state index contributed by atoms with van der Waals surface area (Å²) >= 11 is 1.73. The van der Waals surface area contributed by atoms with Crippen LogP contribution in [0.5, 0.6) is 0 Å². The Morgan fingerprint density at radius 1 is 0.973 bits per heavy atom. The fourth-order valence-corrected chi connectivity index (χ4v) is 5.31. The zero-order valence-corrected chi connectivity index (χ0v) is 21.9. The molecule has 0 fully saturated rings. The molecule has 5 rings (SSSR count). The Morgan fingerprint density at radius 2 is 1.78 bits per heavy atom. The third kappa shape index (κ3) is 6.09. The predicted octanol–water partition coefficient (Wildman–Crippen LogP) is 6.61. The number of carbonyl (C=O) groups is 1. The van der Waals surface area contributed by atoms with Crippen LogP contribution in [-0.4, -0.2) is 27.0 Å². The van der Waals surface area contributed by atoms with Crippen LogP contribution < -0.4 is 5.32 Å². The van der Waals surface area contributed by atoms with Crippen LogP contribution in [0, 0.1) is 6.92 Å². The quantitative estimate of drug-likeness (QED) is 0.228. The Kier molecular flexibility index (Phi) is 7.66. The highest BCUT2D eigenvalue weighted by Gasteiger charge is 2.14. The minimum Gasteiger partial charge on any atom is -0.351 e. The van der Waals surface area contributed by atoms with Gasteiger partial charge in [-0.05, 0) is 47.7 Å². The maximum absolute atomic E-state index is 12.7. The van der Waals surface area contributed by atoms with E-state index in [1.54, 1.807) is 18.0 Å². The van der Waals surface area contributed by atoms with Crippen molar-refractivity contribution in [2.75, 3.05) is 6.54 Å². The van der Waals surface area contributed by atoms with Crippen molar-refractivity contribution in [1.82, 2.24) is 19.9 Å². The van der Waals surface area contributed by atoms with Crippen molar-refractivity contribution in [2.45, 2.75) is 37.2 Å². The highest BCUT2D eigenvalue weighted by Crippen LogP contribution is 2.27. The zero-order chi connectivity index (χ0) is 25.6. The van der Waals surface area contributed by atoms with E-state index in [2.05, 4.69) is 65.1 Å². The van der Waals surface area contributed by atoms with Crippen LogP contribution in [0.3, 0.4) is 0 Å². The molecule has 0 aliphatic heterocycles. The Bertz CT molecular complexity index is 1500. The van der Waals surface area contributed by atoms with Crippen molar-refractivity contribution in [3.63, 3.8) is 0 Å². The van der Waals surface area contributed by atoms with E-state index in [9.17, 15) is 4.79 Å². The first kappa shape index (κ1) is 24.8. The number of carbonyl (C=O) groups excluding carboxylic acids is 1. The number of benzene rings is 3. The lowest BCUT2D eigenvalue weighted by atomic mass is 10.0. The van der Waals surface area contributed by atoms with Crippen LogP contribution in [0.15, 0.2) is 102 Å². The van der Waals surface area contributed by atoms with Gasteiger partial charge in [0.1, 0.15) is 0 Å². The molecule has 0 radical (unpaired) electrons. The number of aryl methyl sites for hydroxylation is 1. The van der Waals surface area contributed by atoms with Gasteiger partial charge in [-0.15, -0.1) is 0 Å². The van der Waals surface area contributed by atoms with Crippen LogP contribution in [0.4, 0.5) is 0 Å². The Hall–Kier alpha value is -3.90. The van der Waals surface area contributed by atoms with Crippen LogP contribution in [0.25, 0.3) is 11.0 Å². The molecular formula is C31H30N4OS. The fraction of sp³-hybridized carbons (Fsp3) is 0.194. The SMILES string of the molecule is Cc1cccc(CSc2nc3ccncc3n2Cc2ccc(C(=O)NC[C@H](C)c3ccccc3)cc2)c1. The highest BCUT2D eigenvalue weighted by molar-refractivity contribution is 7.98. The normalized spacial score (nSPS) is 11.9. The lowest BCUT2D eigenvalue weighted by Gasteiger charge is -2.13. The van der Waals surface area contributed by atoms with Gasteiger partial charge in [-0.1, -0.05) is 91.0 Å². The summed E-state index contributed by atoms with van der Waals surface area (Å²) in [6.07, 6.45) is 3.65. The molecule has 5 aromatic rings. The topological polar surface area (TPSA) is 59.8 Å². The lowest BCUT2D eigenvalue weighted by molar-refractivity contribution is 0.0951. The molecule has 0 unspecified atom stereocenters. The van der Waals surface area contributed by atoms with Gasteiger partial charge in [0.2, 0.25) is 0 Å². The second kappa shape index (κ2) is 11.4. The van der Waals surface area contributed by atoms with Gasteiger partial charge in [0.25, 0.3) is 5.91 Å². The molecular weight excluding hydrogens is 476 g/mol. The van der Waals surface area contributed by atoms with Crippen LogP contribution in [-0.2, 0) is 12.3 Å². The molecule has 0 saturated carbocycles. The van der Waals surface area contributed by atoms with Crippen molar-refractivity contribution in [1.29, 1.82) is 0 Å². The minimum absolute atomic E-state index is 0.0546. The van der Waals surface area contributed by atoms with Crippen LogP contribution in [0.1, 0.15) is 45.5 Å². The van der Waals surface area contributed by atoms with Gasteiger partial charge in [0.15, 0.2) is 5.16 Å². The van der Waals surface area contributed by atoms with Crippen molar-refractivity contribution in [2.24, 2.45) is 0 Å². The number of nitrogens with zero attached hydrogens (tertiary/aromatic N) is 3. The Morgan fingerprint density at radius 3 is 2.57 bits per heavy atom. The number of hydrogen-bond donors (Lipinski definition) is 1. The van der Waals surface area contributed by atoms with Crippen LogP contribution in [0.2, 0.25) is 0 Å². The second-order valence-corrected chi connectivity index (χ2v) is 10.3. The van der Waals surface area contributed by atoms with Crippen molar-refractivity contribution in [3.8, 4) is 0 Å². The maximum Gasteiger partial charge on any atom is 0.251 e. The molecule has 37 heavy (non-hydrogen) atoms. The molecule has 2 heterocycles. The van der Waals surface area contributed by atoms with Gasteiger partial charge in [0.05, 0.1) is 23.8 Å². The smallest absolute Gasteiger partial charge is 0.251 e. The first-order valence-electron chi connectivity index (χ1n) is 12.5. The average molecular weight is 507 g/mol. The van der Waals surface area contributed by atoms with E-state index < -0.39 is 0 Å². The largest absolute Gasteiger partial charge is 0.351 e. The minimum atomic E-state index is -0.0546. The van der Waals surface area contributed by atoms with E-state index in [4.69, 9.17) is 4.98 Å². The molecule has 186 valence electrons. The van der Waals surface area contributed by atoms with Crippen molar-refractivity contribution in [3.05, 3.63) is 125 Å². The summed E-state index contributed by atoms with van der Waals surface area (Å²) in [7, 11) is 0. The van der Waals surface area contributed by atoms with E-state index in [0.29, 0.717) is 18.7 Å². The molecule has 1 amide bonds. The first-order valence-corrected chi connectivity index (χ1v) is 13.5. The molecule has 2 aromatic heterocycles. The molecule has 5 nitrogen and oxygen atoms in total. The molecule has 0 saturated heterocycles. The molecule has 0 spiro atoms. The van der Waals surface area contributed by atoms with E-state index >= 15 is 0 Å². The number of hydrogen-bond acceptors (Lipinski definition) is 4. The highest BCUT2D eigenvalue weighted by atomic mass is 32.2. The van der Waals surface area contributed by atoms with E-state index in [1.165, 1.54) is 16.7 Å². The summed E-state index contributed by atoms with van der Waals surface area (Å²) in [6.45, 7) is 5.49. The standard InChI is InChI=1S/C31H30N4OS/c1-22-7-6-8-25(17-22)21-37-31-34-28-15-16-32-19-29(28)35(31)20-24-11-13-27(14-12-24)30(36)33-18-23(2)26-9-4-3-5-10-26/h3-17,19,23H,18,20-21H2,1-2H3,(H,33,36)/t23-/m0/s1. The van der Waals surface area contributed by atoms with Gasteiger partial charge in [-0.25, -0.2) is 4.98 Å². The first-order chi connectivity index (χ1) is 18.1. The molecule has 6 heteroatoms. The number of fused-ring (bicyclic) bond motifs is 1. The number of aromatic nitrogens is 3. The summed E-state index contributed by atoms with van der Waals surface area (Å²) in [4.78, 5) is 22.0. The van der Waals surface area contributed by atoms with Crippen molar-refractivity contribution >= 4 is 28.7 Å². The number of amides is 1. The average Bonchev–Trinajstić information content (AvgIpc) is 3.28. The van der Waals surface area contributed by atoms with Gasteiger partial charge in [-0.3, -0.25) is 9.78 Å². The summed E-state index contributed by atoms with van der Waals surface area (Å²) < 4.78 is 2.21. The predicted molar refractivity (Wildman–Crippen MR) is 151 cm³/mol. The Balaban J connectivity index is 1.28. The third-order valence-corrected chi connectivity index (χ3v) is 7.51. The number of nitrogens with one attached hydrogen (secondary N) is 1. The molecule has 1 N–H and O–H groups in total. The van der Waals surface area contributed by atoms with Gasteiger partial charge in [0, 0.05) is 24.1 Å². The fourth-order valence-electron chi connectivity index (χ4n) is 4.35. The lowest BCUT2D eigenvalue weighted by Crippen LogP contribution is -2.27. The molecule has 0 aliphatic carbocycles. The maximum atomic E-state index is 12.7. The Labute approximate surface area is 222 Å². The number of imidazole rings is 1. The summed E-state index contributed by atoms with van der Waals surface area (Å²) in [6, 6.07) is 28.6. The number of thioether (sulfide) groups is 1. The van der Waals surface area contributed by atoms with Crippen LogP contribution >= 0.6 is 11.8 Å². The van der Waals surface area contributed by atoms with E-state index in [1.807, 2.05) is 54.7 Å². The summed E-state index contributed by atoms with van der Waals surface area (Å²) in [5.74, 6) is 1.04. The third-order valence-electron chi connectivity index (χ3n) is 6.46. The monoisotopic (exact) mass is 506 g/mol. The van der Waals surface area contributed by atoms with Gasteiger partial charge in [-0.2, -0.15) is 0 Å². The van der Waals surface area contributed by atoms with Gasteiger partial charge < -0.3 is 9.88 Å². The molecule has 0 bridgehead atoms. The molecule has 3 aromatic carbocycles. The second-order valence-electron chi connectivity index (χ2n) is 9.34. The van der Waals surface area contributed by atoms with E-state index in [0.717, 1.165) is 27.5 Å². The summed E-state index contributed by atoms with van der Waals surface area (Å²) in [5, 5.41) is 4.03. The number of rotatable bonds is 9. The summed E-state index contributed by atoms with van der Waals surface area (Å²) in [5.41, 5.74) is 7.46. The van der Waals surface area contributed by atoms with E-state index in [-0.39, 0.29) is 11.8 Å². The van der Waals surface area contributed by atoms with Crippen molar-refractivity contribution < 1.29 is 4.79 Å². The van der Waals surface area contributed by atoms with Gasteiger partial charge >= 0.3 is 0 Å². The molecule has 1 atom stereocenters. The zero-order valence-electron chi connectivity index (χ0n) is 21.1. The number of pyridine rings is 1.